The summed E-state index contributed by atoms with van der Waals surface area (Å²) in [6.07, 6.45) is 0. The number of benzene rings is 1. The van der Waals surface area contributed by atoms with E-state index in [-0.39, 0.29) is 23.0 Å². The number of fused-ring (bicyclic) bond motifs is 1. The zero-order valence-electron chi connectivity index (χ0n) is 16.8. The maximum absolute atomic E-state index is 12.4. The molecule has 0 aliphatic rings. The van der Waals surface area contributed by atoms with Crippen LogP contribution in [0.25, 0.3) is 5.78 Å². The summed E-state index contributed by atoms with van der Waals surface area (Å²) < 4.78 is 11.9. The van der Waals surface area contributed by atoms with E-state index >= 15 is 0 Å². The Morgan fingerprint density at radius 1 is 1.24 bits per heavy atom. The molecular weight excluding hydrogens is 396 g/mol. The first-order chi connectivity index (χ1) is 13.7. The van der Waals surface area contributed by atoms with Crippen LogP contribution in [0.5, 0.6) is 11.5 Å². The molecule has 10 nitrogen and oxygen atoms in total. The molecule has 1 aromatic carbocycles. The van der Waals surface area contributed by atoms with Crippen LogP contribution in [-0.4, -0.2) is 50.7 Å². The van der Waals surface area contributed by atoms with E-state index in [1.807, 2.05) is 20.8 Å². The number of thioether (sulfide) groups is 1. The van der Waals surface area contributed by atoms with E-state index in [1.54, 1.807) is 25.3 Å². The summed E-state index contributed by atoms with van der Waals surface area (Å²) in [5, 5.41) is 15.5. The number of amides is 1. The third kappa shape index (κ3) is 4.50. The fourth-order valence-electron chi connectivity index (χ4n) is 2.54. The molecule has 0 unspecified atom stereocenters. The fraction of sp³-hybridized carbons (Fsp3) is 0.389. The first-order valence-corrected chi connectivity index (χ1v) is 9.72. The van der Waals surface area contributed by atoms with E-state index < -0.39 is 5.41 Å². The van der Waals surface area contributed by atoms with Gasteiger partial charge >= 0.3 is 0 Å². The summed E-state index contributed by atoms with van der Waals surface area (Å²) in [7, 11) is 3.07. The van der Waals surface area contributed by atoms with Crippen molar-refractivity contribution in [2.24, 2.45) is 0 Å². The fourth-order valence-corrected chi connectivity index (χ4v) is 3.22. The van der Waals surface area contributed by atoms with Gasteiger partial charge in [0, 0.05) is 11.5 Å². The van der Waals surface area contributed by atoms with Crippen molar-refractivity contribution < 1.29 is 14.3 Å². The van der Waals surface area contributed by atoms with Crippen LogP contribution in [0.2, 0.25) is 0 Å². The van der Waals surface area contributed by atoms with Crippen molar-refractivity contribution in [2.75, 3.05) is 25.3 Å². The molecule has 3 aromatic rings. The molecule has 29 heavy (non-hydrogen) atoms. The summed E-state index contributed by atoms with van der Waals surface area (Å²) in [5.41, 5.74) is 0.135. The highest BCUT2D eigenvalue weighted by atomic mass is 32.2. The maximum atomic E-state index is 12.4. The van der Waals surface area contributed by atoms with Crippen LogP contribution >= 0.6 is 11.8 Å². The first-order valence-electron chi connectivity index (χ1n) is 8.74. The van der Waals surface area contributed by atoms with Gasteiger partial charge in [0.1, 0.15) is 17.2 Å². The van der Waals surface area contributed by atoms with Crippen LogP contribution in [0, 0.1) is 0 Å². The molecule has 0 saturated carbocycles. The van der Waals surface area contributed by atoms with Gasteiger partial charge in [-0.25, -0.2) is 0 Å². The normalized spacial score (nSPS) is 11.5. The number of nitrogens with zero attached hydrogens (tertiary/aromatic N) is 4. The second-order valence-corrected chi connectivity index (χ2v) is 8.12. The number of aromatic nitrogens is 5. The van der Waals surface area contributed by atoms with Crippen molar-refractivity contribution in [1.29, 1.82) is 0 Å². The highest BCUT2D eigenvalue weighted by Crippen LogP contribution is 2.29. The lowest BCUT2D eigenvalue weighted by atomic mass is 9.93. The van der Waals surface area contributed by atoms with Gasteiger partial charge in [-0.1, -0.05) is 32.5 Å². The van der Waals surface area contributed by atoms with Gasteiger partial charge in [0.25, 0.3) is 11.3 Å². The van der Waals surface area contributed by atoms with Crippen LogP contribution in [0.1, 0.15) is 26.5 Å². The summed E-state index contributed by atoms with van der Waals surface area (Å²) >= 11 is 1.16. The number of carbonyl (C=O) groups excluding carboxylic acids is 1. The number of aromatic amines is 1. The minimum absolute atomic E-state index is 0.0711. The standard InChI is InChI=1S/C18H22N6O4S/c1-18(2,3)14-15(26)20-16-21-22-17(24(16)23-14)29-9-13(25)19-11-7-6-10(27-4)8-12(11)28-5/h6-8H,9H2,1-5H3,(H,19,25)(H,20,21,26). The molecule has 2 N–H and O–H groups in total. The van der Waals surface area contributed by atoms with Crippen LogP contribution < -0.4 is 20.3 Å². The Hall–Kier alpha value is -3.08. The summed E-state index contributed by atoms with van der Waals surface area (Å²) in [6, 6.07) is 5.11. The van der Waals surface area contributed by atoms with Crippen molar-refractivity contribution in [3.8, 4) is 11.5 Å². The Bertz CT molecular complexity index is 1100. The molecule has 0 fully saturated rings. The molecule has 0 aliphatic heterocycles. The van der Waals surface area contributed by atoms with Crippen LogP contribution in [0.15, 0.2) is 28.2 Å². The third-order valence-corrected chi connectivity index (χ3v) is 4.90. The molecule has 2 heterocycles. The number of carbonyl (C=O) groups is 1. The number of anilines is 1. The van der Waals surface area contributed by atoms with Gasteiger partial charge in [-0.3, -0.25) is 14.6 Å². The van der Waals surface area contributed by atoms with E-state index in [9.17, 15) is 9.59 Å². The molecule has 0 bridgehead atoms. The Kier molecular flexibility index (Phi) is 5.78. The van der Waals surface area contributed by atoms with Crippen LogP contribution in [0.3, 0.4) is 0 Å². The summed E-state index contributed by atoms with van der Waals surface area (Å²) in [6.45, 7) is 5.68. The lowest BCUT2D eigenvalue weighted by molar-refractivity contribution is -0.113. The molecular formula is C18H22N6O4S. The van der Waals surface area contributed by atoms with Gasteiger partial charge in [0.05, 0.1) is 25.7 Å². The Labute approximate surface area is 171 Å². The number of rotatable bonds is 6. The molecule has 11 heteroatoms. The average molecular weight is 418 g/mol. The lowest BCUT2D eigenvalue weighted by Gasteiger charge is -2.15. The minimum Gasteiger partial charge on any atom is -0.497 e. The molecule has 0 saturated heterocycles. The van der Waals surface area contributed by atoms with E-state index in [4.69, 9.17) is 9.47 Å². The van der Waals surface area contributed by atoms with E-state index in [1.165, 1.54) is 11.6 Å². The lowest BCUT2D eigenvalue weighted by Crippen LogP contribution is -2.28. The van der Waals surface area contributed by atoms with Crippen molar-refractivity contribution in [1.82, 2.24) is 24.8 Å². The average Bonchev–Trinajstić information content (AvgIpc) is 3.07. The van der Waals surface area contributed by atoms with Crippen LogP contribution in [0.4, 0.5) is 5.69 Å². The Morgan fingerprint density at radius 3 is 2.66 bits per heavy atom. The molecule has 0 atom stereocenters. The number of hydrogen-bond donors (Lipinski definition) is 2. The molecule has 1 amide bonds. The van der Waals surface area contributed by atoms with Gasteiger partial charge in [0.2, 0.25) is 11.1 Å². The molecule has 0 radical (unpaired) electrons. The SMILES string of the molecule is COc1ccc(NC(=O)CSc2nnc3[nH]c(=O)c(C(C)(C)C)nn23)c(OC)c1. The minimum atomic E-state index is -0.448. The predicted octanol–water partition coefficient (Wildman–Crippen LogP) is 1.86. The smallest absolute Gasteiger partial charge is 0.274 e. The van der Waals surface area contributed by atoms with Gasteiger partial charge in [0.15, 0.2) is 0 Å². The highest BCUT2D eigenvalue weighted by Gasteiger charge is 2.22. The second kappa shape index (κ2) is 8.11. The Morgan fingerprint density at radius 2 is 2.00 bits per heavy atom. The summed E-state index contributed by atoms with van der Waals surface area (Å²) in [4.78, 5) is 27.2. The summed E-state index contributed by atoms with van der Waals surface area (Å²) in [5.74, 6) is 1.16. The van der Waals surface area contributed by atoms with Crippen molar-refractivity contribution in [3.05, 3.63) is 34.2 Å². The predicted molar refractivity (Wildman–Crippen MR) is 109 cm³/mol. The van der Waals surface area contributed by atoms with Gasteiger partial charge in [-0.2, -0.15) is 9.61 Å². The number of methoxy groups -OCH3 is 2. The highest BCUT2D eigenvalue weighted by molar-refractivity contribution is 7.99. The maximum Gasteiger partial charge on any atom is 0.274 e. The number of hydrogen-bond acceptors (Lipinski definition) is 8. The third-order valence-electron chi connectivity index (χ3n) is 3.98. The molecule has 0 aliphatic carbocycles. The molecule has 2 aromatic heterocycles. The largest absolute Gasteiger partial charge is 0.497 e. The van der Waals surface area contributed by atoms with E-state index in [0.29, 0.717) is 28.0 Å². The van der Waals surface area contributed by atoms with Gasteiger partial charge in [-0.05, 0) is 12.1 Å². The monoisotopic (exact) mass is 418 g/mol. The van der Waals surface area contributed by atoms with Crippen molar-refractivity contribution >= 4 is 29.1 Å². The first kappa shape index (κ1) is 20.6. The van der Waals surface area contributed by atoms with Crippen LogP contribution in [-0.2, 0) is 10.2 Å². The van der Waals surface area contributed by atoms with Crippen molar-refractivity contribution in [2.45, 2.75) is 31.3 Å². The molecule has 154 valence electrons. The zero-order valence-corrected chi connectivity index (χ0v) is 17.6. The van der Waals surface area contributed by atoms with Gasteiger partial charge in [-0.15, -0.1) is 10.2 Å². The Balaban J connectivity index is 1.75. The topological polar surface area (TPSA) is 124 Å². The number of ether oxygens (including phenoxy) is 2. The van der Waals surface area contributed by atoms with E-state index in [0.717, 1.165) is 11.8 Å². The molecule has 0 spiro atoms. The zero-order chi connectivity index (χ0) is 21.2. The quantitative estimate of drug-likeness (QED) is 0.582. The number of nitrogens with one attached hydrogen (secondary N) is 2. The second-order valence-electron chi connectivity index (χ2n) is 7.17. The van der Waals surface area contributed by atoms with E-state index in [2.05, 4.69) is 25.6 Å². The van der Waals surface area contributed by atoms with Crippen molar-refractivity contribution in [3.63, 3.8) is 0 Å². The van der Waals surface area contributed by atoms with Gasteiger partial charge < -0.3 is 14.8 Å². The molecule has 3 rings (SSSR count). The number of H-pyrrole nitrogens is 1.